The molecule has 3 nitrogen and oxygen atoms in total. The van der Waals surface area contributed by atoms with Crippen molar-refractivity contribution in [1.29, 1.82) is 0 Å². The highest BCUT2D eigenvalue weighted by Gasteiger charge is 2.31. The summed E-state index contributed by atoms with van der Waals surface area (Å²) >= 11 is 0. The third kappa shape index (κ3) is 2.01. The van der Waals surface area contributed by atoms with Gasteiger partial charge in [0.1, 0.15) is 5.82 Å². The summed E-state index contributed by atoms with van der Waals surface area (Å²) in [4.78, 5) is 6.54. The highest BCUT2D eigenvalue weighted by molar-refractivity contribution is 4.97. The van der Waals surface area contributed by atoms with Crippen molar-refractivity contribution >= 4 is 0 Å². The molecule has 1 aromatic rings. The van der Waals surface area contributed by atoms with Gasteiger partial charge in [0, 0.05) is 18.8 Å². The van der Waals surface area contributed by atoms with Crippen LogP contribution >= 0.6 is 0 Å². The number of hydrogen-bond donors (Lipinski definition) is 2. The van der Waals surface area contributed by atoms with Crippen molar-refractivity contribution in [1.82, 2.24) is 9.97 Å². The number of nitrogens with zero attached hydrogens (tertiary/aromatic N) is 1. The van der Waals surface area contributed by atoms with Crippen molar-refractivity contribution in [2.75, 3.05) is 0 Å². The number of aromatic amines is 1. The predicted molar refractivity (Wildman–Crippen MR) is 40.9 cm³/mol. The van der Waals surface area contributed by atoms with E-state index in [4.69, 9.17) is 5.73 Å². The summed E-state index contributed by atoms with van der Waals surface area (Å²) in [5.74, 6) is 0.486. The summed E-state index contributed by atoms with van der Waals surface area (Å²) in [6.45, 7) is 1.31. The Morgan fingerprint density at radius 3 is 2.83 bits per heavy atom. The van der Waals surface area contributed by atoms with Gasteiger partial charge >= 0.3 is 0 Å². The Hall–Kier alpha value is -0.970. The Kier molecular flexibility index (Phi) is 2.42. The Balaban J connectivity index is 2.62. The number of nitrogens with two attached hydrogens (primary N) is 1. The molecule has 68 valence electrons. The second-order valence-corrected chi connectivity index (χ2v) is 3.02. The summed E-state index contributed by atoms with van der Waals surface area (Å²) in [7, 11) is 0. The van der Waals surface area contributed by atoms with Gasteiger partial charge < -0.3 is 10.7 Å². The van der Waals surface area contributed by atoms with E-state index in [0.29, 0.717) is 5.82 Å². The molecule has 0 amide bonds. The van der Waals surface area contributed by atoms with Crippen molar-refractivity contribution in [3.05, 3.63) is 18.2 Å². The van der Waals surface area contributed by atoms with Gasteiger partial charge in [-0.15, -0.1) is 0 Å². The molecule has 0 fully saturated rings. The number of rotatable bonds is 3. The van der Waals surface area contributed by atoms with E-state index in [9.17, 15) is 8.78 Å². The number of imidazole rings is 1. The Labute approximate surface area is 69.0 Å². The van der Waals surface area contributed by atoms with Crippen LogP contribution in [-0.4, -0.2) is 21.9 Å². The minimum absolute atomic E-state index is 0.0532. The van der Waals surface area contributed by atoms with Crippen molar-refractivity contribution < 1.29 is 8.78 Å². The number of aromatic nitrogens is 2. The average molecular weight is 175 g/mol. The molecule has 3 N–H and O–H groups in total. The molecule has 0 bridgehead atoms. The van der Waals surface area contributed by atoms with Crippen LogP contribution in [0.5, 0.6) is 0 Å². The number of alkyl halides is 2. The number of H-pyrrole nitrogens is 1. The highest BCUT2D eigenvalue weighted by atomic mass is 19.3. The van der Waals surface area contributed by atoms with Crippen molar-refractivity contribution in [3.8, 4) is 0 Å². The Morgan fingerprint density at radius 1 is 1.75 bits per heavy atom. The molecule has 1 rings (SSSR count). The molecular weight excluding hydrogens is 164 g/mol. The second kappa shape index (κ2) is 3.18. The molecule has 0 spiro atoms. The molecule has 0 aliphatic rings. The van der Waals surface area contributed by atoms with Crippen LogP contribution in [0.25, 0.3) is 0 Å². The molecule has 5 heteroatoms. The monoisotopic (exact) mass is 175 g/mol. The predicted octanol–water partition coefficient (Wildman–Crippen LogP) is 0.935. The van der Waals surface area contributed by atoms with E-state index in [-0.39, 0.29) is 6.42 Å². The lowest BCUT2D eigenvalue weighted by molar-refractivity contribution is 0.0629. The zero-order valence-electron chi connectivity index (χ0n) is 6.72. The zero-order chi connectivity index (χ0) is 9.19. The number of halogens is 2. The number of nitrogens with one attached hydrogen (secondary N) is 1. The normalized spacial score (nSPS) is 16.4. The van der Waals surface area contributed by atoms with Crippen LogP contribution in [0.3, 0.4) is 0 Å². The molecule has 0 saturated heterocycles. The first-order valence-electron chi connectivity index (χ1n) is 3.57. The van der Waals surface area contributed by atoms with E-state index >= 15 is 0 Å². The molecular formula is C7H11F2N3. The molecule has 12 heavy (non-hydrogen) atoms. The topological polar surface area (TPSA) is 54.7 Å². The van der Waals surface area contributed by atoms with Crippen LogP contribution in [0.2, 0.25) is 0 Å². The smallest absolute Gasteiger partial charge is 0.256 e. The molecule has 1 heterocycles. The van der Waals surface area contributed by atoms with Gasteiger partial charge in [-0.3, -0.25) is 0 Å². The van der Waals surface area contributed by atoms with Crippen molar-refractivity contribution in [3.63, 3.8) is 0 Å². The van der Waals surface area contributed by atoms with Gasteiger partial charge in [-0.25, -0.2) is 13.8 Å². The zero-order valence-corrected chi connectivity index (χ0v) is 6.72. The summed E-state index contributed by atoms with van der Waals surface area (Å²) in [6, 6.07) is 0. The van der Waals surface area contributed by atoms with Crippen molar-refractivity contribution in [2.24, 2.45) is 5.73 Å². The second-order valence-electron chi connectivity index (χ2n) is 3.02. The SMILES string of the molecule is CC(N)(Cc1ncc[nH]1)C(F)F. The molecule has 1 atom stereocenters. The lowest BCUT2D eigenvalue weighted by Crippen LogP contribution is -2.46. The molecule has 0 aliphatic carbocycles. The van der Waals surface area contributed by atoms with E-state index in [2.05, 4.69) is 9.97 Å². The fourth-order valence-electron chi connectivity index (χ4n) is 0.833. The summed E-state index contributed by atoms with van der Waals surface area (Å²) < 4.78 is 24.5. The lowest BCUT2D eigenvalue weighted by atomic mass is 10.00. The van der Waals surface area contributed by atoms with E-state index < -0.39 is 12.0 Å². The minimum atomic E-state index is -2.54. The standard InChI is InChI=1S/C7H11F2N3/c1-7(10,6(8)9)4-5-11-2-3-12-5/h2-3,6H,4,10H2,1H3,(H,11,12). The number of hydrogen-bond acceptors (Lipinski definition) is 2. The van der Waals surface area contributed by atoms with Crippen molar-refractivity contribution in [2.45, 2.75) is 25.3 Å². The van der Waals surface area contributed by atoms with Crippen LogP contribution in [0.4, 0.5) is 8.78 Å². The third-order valence-electron chi connectivity index (χ3n) is 1.60. The highest BCUT2D eigenvalue weighted by Crippen LogP contribution is 2.15. The molecule has 1 unspecified atom stereocenters. The summed E-state index contributed by atoms with van der Waals surface area (Å²) in [5, 5.41) is 0. The van der Waals surface area contributed by atoms with E-state index in [1.165, 1.54) is 13.1 Å². The largest absolute Gasteiger partial charge is 0.349 e. The average Bonchev–Trinajstić information content (AvgIpc) is 2.38. The Bertz CT molecular complexity index is 231. The first kappa shape index (κ1) is 9.12. The molecule has 0 aromatic carbocycles. The van der Waals surface area contributed by atoms with Crippen LogP contribution < -0.4 is 5.73 Å². The fourth-order valence-corrected chi connectivity index (χ4v) is 0.833. The first-order chi connectivity index (χ1) is 5.52. The molecule has 0 aliphatic heterocycles. The first-order valence-corrected chi connectivity index (χ1v) is 3.57. The van der Waals surface area contributed by atoms with Gasteiger partial charge in [-0.05, 0) is 6.92 Å². The van der Waals surface area contributed by atoms with E-state index in [1.807, 2.05) is 0 Å². The van der Waals surface area contributed by atoms with Gasteiger partial charge in [0.15, 0.2) is 0 Å². The van der Waals surface area contributed by atoms with Crippen LogP contribution in [0.1, 0.15) is 12.7 Å². The maximum atomic E-state index is 12.2. The van der Waals surface area contributed by atoms with Gasteiger partial charge in [0.25, 0.3) is 6.43 Å². The van der Waals surface area contributed by atoms with Gasteiger partial charge in [-0.1, -0.05) is 0 Å². The van der Waals surface area contributed by atoms with Gasteiger partial charge in [0.05, 0.1) is 5.54 Å². The quantitative estimate of drug-likeness (QED) is 0.718. The maximum Gasteiger partial charge on any atom is 0.256 e. The Morgan fingerprint density at radius 2 is 2.42 bits per heavy atom. The maximum absolute atomic E-state index is 12.2. The van der Waals surface area contributed by atoms with E-state index in [1.54, 1.807) is 6.20 Å². The van der Waals surface area contributed by atoms with Crippen LogP contribution in [-0.2, 0) is 6.42 Å². The third-order valence-corrected chi connectivity index (χ3v) is 1.60. The molecule has 0 radical (unpaired) electrons. The molecule has 1 aromatic heterocycles. The lowest BCUT2D eigenvalue weighted by Gasteiger charge is -2.21. The van der Waals surface area contributed by atoms with Crippen LogP contribution in [0, 0.1) is 0 Å². The van der Waals surface area contributed by atoms with Gasteiger partial charge in [0.2, 0.25) is 0 Å². The summed E-state index contributed by atoms with van der Waals surface area (Å²) in [6.07, 6.45) is 0.605. The fraction of sp³-hybridized carbons (Fsp3) is 0.571. The van der Waals surface area contributed by atoms with Gasteiger partial charge in [-0.2, -0.15) is 0 Å². The minimum Gasteiger partial charge on any atom is -0.349 e. The molecule has 0 saturated carbocycles. The summed E-state index contributed by atoms with van der Waals surface area (Å²) in [5.41, 5.74) is 3.84. The van der Waals surface area contributed by atoms with Crippen LogP contribution in [0.15, 0.2) is 12.4 Å². The van der Waals surface area contributed by atoms with E-state index in [0.717, 1.165) is 0 Å².